The monoisotopic (exact) mass is 296 g/mol. The van der Waals surface area contributed by atoms with E-state index in [-0.39, 0.29) is 10.6 Å². The molecule has 2 aromatic carbocycles. The molecule has 0 heterocycles. The third kappa shape index (κ3) is 3.00. The van der Waals surface area contributed by atoms with Crippen LogP contribution in [-0.4, -0.2) is 5.11 Å². The number of halogens is 3. The Balaban J connectivity index is 2.36. The van der Waals surface area contributed by atoms with Crippen molar-refractivity contribution >= 4 is 11.6 Å². The van der Waals surface area contributed by atoms with Crippen LogP contribution in [0.15, 0.2) is 36.4 Å². The molecule has 0 aromatic heterocycles. The highest BCUT2D eigenvalue weighted by Crippen LogP contribution is 2.30. The molecule has 0 saturated heterocycles. The lowest BCUT2D eigenvalue weighted by Gasteiger charge is -2.15. The summed E-state index contributed by atoms with van der Waals surface area (Å²) in [6.45, 7) is 4.13. The van der Waals surface area contributed by atoms with E-state index in [4.69, 9.17) is 11.6 Å². The molecule has 20 heavy (non-hydrogen) atoms. The first kappa shape index (κ1) is 14.9. The summed E-state index contributed by atoms with van der Waals surface area (Å²) in [7, 11) is 0. The van der Waals surface area contributed by atoms with E-state index in [0.717, 1.165) is 17.7 Å². The smallest absolute Gasteiger partial charge is 0.160 e. The van der Waals surface area contributed by atoms with Crippen molar-refractivity contribution in [2.75, 3.05) is 0 Å². The molecule has 0 amide bonds. The van der Waals surface area contributed by atoms with Gasteiger partial charge in [-0.05, 0) is 29.2 Å². The van der Waals surface area contributed by atoms with Crippen molar-refractivity contribution in [1.82, 2.24) is 0 Å². The molecule has 0 spiro atoms. The molecule has 2 rings (SSSR count). The average molecular weight is 297 g/mol. The highest BCUT2D eigenvalue weighted by molar-refractivity contribution is 6.31. The standard InChI is InChI=1S/C16H15ClF2O/c1-9(2)10-3-5-11(6-4-10)16(20)12-7-14(18)15(19)8-13(12)17/h3-9,16,20H,1-2H3. The Kier molecular flexibility index (Phi) is 4.41. The Hall–Kier alpha value is -1.45. The quantitative estimate of drug-likeness (QED) is 0.805. The molecule has 1 unspecified atom stereocenters. The van der Waals surface area contributed by atoms with Crippen LogP contribution in [0.3, 0.4) is 0 Å². The zero-order valence-electron chi connectivity index (χ0n) is 11.2. The molecule has 0 aliphatic rings. The van der Waals surface area contributed by atoms with E-state index in [1.54, 1.807) is 12.1 Å². The average Bonchev–Trinajstić information content (AvgIpc) is 2.42. The van der Waals surface area contributed by atoms with Gasteiger partial charge in [0.2, 0.25) is 0 Å². The van der Waals surface area contributed by atoms with Crippen molar-refractivity contribution in [3.05, 3.63) is 69.7 Å². The van der Waals surface area contributed by atoms with Crippen molar-refractivity contribution in [3.8, 4) is 0 Å². The Morgan fingerprint density at radius 3 is 2.00 bits per heavy atom. The van der Waals surface area contributed by atoms with Crippen LogP contribution >= 0.6 is 11.6 Å². The molecular weight excluding hydrogens is 282 g/mol. The summed E-state index contributed by atoms with van der Waals surface area (Å²) >= 11 is 5.86. The molecule has 0 aliphatic heterocycles. The van der Waals surface area contributed by atoms with Crippen LogP contribution in [0.2, 0.25) is 5.02 Å². The summed E-state index contributed by atoms with van der Waals surface area (Å²) in [5, 5.41) is 10.2. The largest absolute Gasteiger partial charge is 0.384 e. The zero-order valence-corrected chi connectivity index (χ0v) is 12.0. The van der Waals surface area contributed by atoms with Crippen molar-refractivity contribution in [2.45, 2.75) is 25.9 Å². The summed E-state index contributed by atoms with van der Waals surface area (Å²) < 4.78 is 26.3. The maximum Gasteiger partial charge on any atom is 0.160 e. The fourth-order valence-corrected chi connectivity index (χ4v) is 2.24. The summed E-state index contributed by atoms with van der Waals surface area (Å²) in [6.07, 6.45) is -1.08. The molecular formula is C16H15ClF2O. The first-order chi connectivity index (χ1) is 9.40. The minimum atomic E-state index is -1.08. The van der Waals surface area contributed by atoms with Crippen LogP contribution in [0.4, 0.5) is 8.78 Å². The molecule has 0 radical (unpaired) electrons. The van der Waals surface area contributed by atoms with Crippen LogP contribution in [-0.2, 0) is 0 Å². The third-order valence-corrected chi connectivity index (χ3v) is 3.58. The van der Waals surface area contributed by atoms with E-state index >= 15 is 0 Å². The number of aliphatic hydroxyl groups excluding tert-OH is 1. The van der Waals surface area contributed by atoms with E-state index in [1.807, 2.05) is 12.1 Å². The van der Waals surface area contributed by atoms with E-state index in [0.29, 0.717) is 11.5 Å². The molecule has 106 valence electrons. The zero-order chi connectivity index (χ0) is 14.9. The Morgan fingerprint density at radius 1 is 0.950 bits per heavy atom. The number of hydrogen-bond acceptors (Lipinski definition) is 1. The van der Waals surface area contributed by atoms with Crippen LogP contribution in [0.25, 0.3) is 0 Å². The molecule has 0 aliphatic carbocycles. The van der Waals surface area contributed by atoms with Crippen molar-refractivity contribution < 1.29 is 13.9 Å². The topological polar surface area (TPSA) is 20.2 Å². The Bertz CT molecular complexity index is 609. The van der Waals surface area contributed by atoms with E-state index in [9.17, 15) is 13.9 Å². The highest BCUT2D eigenvalue weighted by atomic mass is 35.5. The molecule has 1 nitrogen and oxygen atoms in total. The van der Waals surface area contributed by atoms with Crippen LogP contribution in [0.5, 0.6) is 0 Å². The fourth-order valence-electron chi connectivity index (χ4n) is 1.99. The van der Waals surface area contributed by atoms with Crippen LogP contribution in [0, 0.1) is 11.6 Å². The molecule has 0 bridgehead atoms. The van der Waals surface area contributed by atoms with Gasteiger partial charge in [-0.15, -0.1) is 0 Å². The lowest BCUT2D eigenvalue weighted by atomic mass is 9.97. The van der Waals surface area contributed by atoms with Crippen molar-refractivity contribution in [1.29, 1.82) is 0 Å². The highest BCUT2D eigenvalue weighted by Gasteiger charge is 2.17. The maximum absolute atomic E-state index is 13.3. The fraction of sp³-hybridized carbons (Fsp3) is 0.250. The van der Waals surface area contributed by atoms with Gasteiger partial charge in [0.25, 0.3) is 0 Å². The van der Waals surface area contributed by atoms with Gasteiger partial charge in [-0.25, -0.2) is 8.78 Å². The molecule has 2 aromatic rings. The van der Waals surface area contributed by atoms with Gasteiger partial charge in [0.05, 0.1) is 0 Å². The minimum absolute atomic E-state index is 0.00401. The van der Waals surface area contributed by atoms with E-state index in [2.05, 4.69) is 13.8 Å². The number of benzene rings is 2. The van der Waals surface area contributed by atoms with Gasteiger partial charge in [-0.3, -0.25) is 0 Å². The summed E-state index contributed by atoms with van der Waals surface area (Å²) in [6, 6.07) is 9.12. The van der Waals surface area contributed by atoms with Crippen molar-refractivity contribution in [3.63, 3.8) is 0 Å². The predicted octanol–water partition coefficient (Wildman–Crippen LogP) is 4.82. The first-order valence-corrected chi connectivity index (χ1v) is 6.70. The third-order valence-electron chi connectivity index (χ3n) is 3.25. The van der Waals surface area contributed by atoms with Crippen LogP contribution < -0.4 is 0 Å². The normalized spacial score (nSPS) is 12.8. The summed E-state index contributed by atoms with van der Waals surface area (Å²) in [4.78, 5) is 0. The van der Waals surface area contributed by atoms with Gasteiger partial charge in [-0.1, -0.05) is 49.7 Å². The van der Waals surface area contributed by atoms with Crippen LogP contribution in [0.1, 0.15) is 42.6 Å². The summed E-state index contributed by atoms with van der Waals surface area (Å²) in [5.41, 5.74) is 1.88. The minimum Gasteiger partial charge on any atom is -0.384 e. The van der Waals surface area contributed by atoms with Gasteiger partial charge in [0.1, 0.15) is 6.10 Å². The lowest BCUT2D eigenvalue weighted by molar-refractivity contribution is 0.219. The summed E-state index contributed by atoms with van der Waals surface area (Å²) in [5.74, 6) is -1.67. The van der Waals surface area contributed by atoms with Gasteiger partial charge in [0.15, 0.2) is 11.6 Å². The second kappa shape index (κ2) is 5.90. The van der Waals surface area contributed by atoms with Gasteiger partial charge < -0.3 is 5.11 Å². The van der Waals surface area contributed by atoms with Gasteiger partial charge in [-0.2, -0.15) is 0 Å². The lowest BCUT2D eigenvalue weighted by Crippen LogP contribution is -2.03. The van der Waals surface area contributed by atoms with Gasteiger partial charge in [0, 0.05) is 10.6 Å². The van der Waals surface area contributed by atoms with E-state index < -0.39 is 17.7 Å². The first-order valence-electron chi connectivity index (χ1n) is 6.32. The molecule has 1 N–H and O–H groups in total. The molecule has 0 saturated carbocycles. The molecule has 4 heteroatoms. The Morgan fingerprint density at radius 2 is 1.45 bits per heavy atom. The number of hydrogen-bond donors (Lipinski definition) is 1. The van der Waals surface area contributed by atoms with E-state index in [1.165, 1.54) is 0 Å². The number of aliphatic hydroxyl groups is 1. The molecule has 1 atom stereocenters. The number of rotatable bonds is 3. The predicted molar refractivity (Wildman–Crippen MR) is 76.0 cm³/mol. The SMILES string of the molecule is CC(C)c1ccc(C(O)c2cc(F)c(F)cc2Cl)cc1. The second-order valence-electron chi connectivity index (χ2n) is 5.01. The maximum atomic E-state index is 13.3. The second-order valence-corrected chi connectivity index (χ2v) is 5.42. The van der Waals surface area contributed by atoms with Crippen molar-refractivity contribution in [2.24, 2.45) is 0 Å². The van der Waals surface area contributed by atoms with Gasteiger partial charge >= 0.3 is 0 Å². The Labute approximate surface area is 121 Å². The molecule has 0 fully saturated rings.